The summed E-state index contributed by atoms with van der Waals surface area (Å²) in [6.07, 6.45) is 1.92. The van der Waals surface area contributed by atoms with Gasteiger partial charge in [-0.3, -0.25) is 9.69 Å². The summed E-state index contributed by atoms with van der Waals surface area (Å²) in [7, 11) is -0.0626. The minimum Gasteiger partial charge on any atom is -0.497 e. The van der Waals surface area contributed by atoms with Crippen molar-refractivity contribution in [2.45, 2.75) is 38.8 Å². The van der Waals surface area contributed by atoms with E-state index in [2.05, 4.69) is 4.90 Å². The van der Waals surface area contributed by atoms with E-state index in [0.717, 1.165) is 36.6 Å². The van der Waals surface area contributed by atoms with Crippen LogP contribution in [0.15, 0.2) is 18.2 Å². The molecule has 2 saturated heterocycles. The number of ether oxygens (including phenoxy) is 2. The van der Waals surface area contributed by atoms with Crippen molar-refractivity contribution < 1.29 is 22.7 Å². The van der Waals surface area contributed by atoms with Crippen molar-refractivity contribution in [3.63, 3.8) is 0 Å². The highest BCUT2D eigenvalue weighted by Crippen LogP contribution is 2.27. The maximum atomic E-state index is 13.1. The van der Waals surface area contributed by atoms with E-state index in [1.54, 1.807) is 14.2 Å². The van der Waals surface area contributed by atoms with E-state index >= 15 is 0 Å². The number of piperazine rings is 1. The molecule has 1 aromatic rings. The first-order valence-electron chi connectivity index (χ1n) is 10.6. The highest BCUT2D eigenvalue weighted by molar-refractivity contribution is 7.89. The molecule has 168 valence electrons. The second kappa shape index (κ2) is 9.98. The lowest BCUT2D eigenvalue weighted by atomic mass is 10.1. The second-order valence-corrected chi connectivity index (χ2v) is 9.91. The summed E-state index contributed by atoms with van der Waals surface area (Å²) in [5.74, 6) is 1.66. The fraction of sp³-hybridized carbons (Fsp3) is 0.667. The molecule has 0 bridgehead atoms. The Balaban J connectivity index is 1.60. The van der Waals surface area contributed by atoms with E-state index in [1.807, 2.05) is 30.0 Å². The van der Waals surface area contributed by atoms with Crippen molar-refractivity contribution in [2.75, 3.05) is 52.7 Å². The molecule has 2 aliphatic heterocycles. The molecule has 0 spiro atoms. The van der Waals surface area contributed by atoms with Crippen molar-refractivity contribution in [3.8, 4) is 11.5 Å². The second-order valence-electron chi connectivity index (χ2n) is 7.86. The first-order chi connectivity index (χ1) is 14.4. The van der Waals surface area contributed by atoms with Crippen LogP contribution in [-0.4, -0.2) is 87.2 Å². The lowest BCUT2D eigenvalue weighted by Gasteiger charge is -2.37. The van der Waals surface area contributed by atoms with E-state index in [9.17, 15) is 13.2 Å². The fourth-order valence-corrected chi connectivity index (χ4v) is 6.02. The van der Waals surface area contributed by atoms with Crippen LogP contribution >= 0.6 is 0 Å². The third-order valence-electron chi connectivity index (χ3n) is 5.87. The van der Waals surface area contributed by atoms with Gasteiger partial charge in [0.2, 0.25) is 15.9 Å². The lowest BCUT2D eigenvalue weighted by Crippen LogP contribution is -2.54. The van der Waals surface area contributed by atoms with Gasteiger partial charge in [-0.15, -0.1) is 0 Å². The number of methoxy groups -OCH3 is 2. The molecule has 0 saturated carbocycles. The molecule has 2 heterocycles. The maximum absolute atomic E-state index is 13.1. The summed E-state index contributed by atoms with van der Waals surface area (Å²) in [5, 5.41) is 0. The van der Waals surface area contributed by atoms with E-state index in [0.29, 0.717) is 39.0 Å². The molecule has 8 nitrogen and oxygen atoms in total. The molecular weight excluding hydrogens is 406 g/mol. The number of nitrogens with zero attached hydrogens (tertiary/aromatic N) is 3. The van der Waals surface area contributed by atoms with Gasteiger partial charge in [0.1, 0.15) is 17.5 Å². The molecule has 2 aliphatic rings. The van der Waals surface area contributed by atoms with Crippen molar-refractivity contribution in [1.29, 1.82) is 0 Å². The topological polar surface area (TPSA) is 79.4 Å². The van der Waals surface area contributed by atoms with Crippen LogP contribution in [0.1, 0.15) is 31.7 Å². The average molecular weight is 440 g/mol. The number of amides is 1. The highest BCUT2D eigenvalue weighted by atomic mass is 32.2. The Labute approximate surface area is 179 Å². The van der Waals surface area contributed by atoms with Crippen LogP contribution in [0.25, 0.3) is 0 Å². The largest absolute Gasteiger partial charge is 0.497 e. The van der Waals surface area contributed by atoms with Gasteiger partial charge >= 0.3 is 0 Å². The Morgan fingerprint density at radius 2 is 1.83 bits per heavy atom. The molecule has 0 N–H and O–H groups in total. The Morgan fingerprint density at radius 3 is 2.47 bits per heavy atom. The van der Waals surface area contributed by atoms with Gasteiger partial charge in [0.15, 0.2) is 0 Å². The van der Waals surface area contributed by atoms with Gasteiger partial charge in [-0.2, -0.15) is 4.31 Å². The van der Waals surface area contributed by atoms with Gasteiger partial charge in [-0.05, 0) is 37.5 Å². The minimum atomic E-state index is -3.36. The van der Waals surface area contributed by atoms with Crippen LogP contribution in [0.5, 0.6) is 11.5 Å². The molecule has 0 radical (unpaired) electrons. The van der Waals surface area contributed by atoms with E-state index in [-0.39, 0.29) is 11.7 Å². The van der Waals surface area contributed by atoms with Gasteiger partial charge < -0.3 is 14.4 Å². The molecule has 1 amide bonds. The normalized spacial score (nSPS) is 21.0. The predicted molar refractivity (Wildman–Crippen MR) is 115 cm³/mol. The first-order valence-corrected chi connectivity index (χ1v) is 12.2. The predicted octanol–water partition coefficient (Wildman–Crippen LogP) is 1.55. The molecule has 3 rings (SSSR count). The highest BCUT2D eigenvalue weighted by Gasteiger charge is 2.40. The van der Waals surface area contributed by atoms with Crippen molar-refractivity contribution >= 4 is 15.9 Å². The quantitative estimate of drug-likeness (QED) is 0.612. The summed E-state index contributed by atoms with van der Waals surface area (Å²) in [5.41, 5.74) is 1.05. The zero-order chi connectivity index (χ0) is 21.7. The Morgan fingerprint density at radius 1 is 1.10 bits per heavy atom. The molecule has 9 heteroatoms. The van der Waals surface area contributed by atoms with Gasteiger partial charge in [0, 0.05) is 44.8 Å². The Kier molecular flexibility index (Phi) is 7.60. The molecule has 1 aromatic carbocycles. The number of hydrogen-bond donors (Lipinski definition) is 0. The van der Waals surface area contributed by atoms with Crippen molar-refractivity contribution in [3.05, 3.63) is 23.8 Å². The van der Waals surface area contributed by atoms with Crippen molar-refractivity contribution in [2.24, 2.45) is 0 Å². The number of hydrogen-bond acceptors (Lipinski definition) is 6. The molecule has 2 fully saturated rings. The van der Waals surface area contributed by atoms with Gasteiger partial charge in [-0.25, -0.2) is 8.42 Å². The molecule has 0 aliphatic carbocycles. The lowest BCUT2D eigenvalue weighted by molar-refractivity contribution is -0.136. The molecule has 0 aromatic heterocycles. The Hall–Kier alpha value is -1.84. The SMILES string of the molecule is CCCS(=O)(=O)N1CCCC1C(=O)N1CCN(Cc2cc(OC)ccc2OC)CC1. The third-order valence-corrected chi connectivity index (χ3v) is 7.95. The fourth-order valence-electron chi connectivity index (χ4n) is 4.28. The summed E-state index contributed by atoms with van der Waals surface area (Å²) in [6.45, 7) is 5.69. The smallest absolute Gasteiger partial charge is 0.241 e. The number of sulfonamides is 1. The molecular formula is C21H33N3O5S. The van der Waals surface area contributed by atoms with Crippen LogP contribution in [0.2, 0.25) is 0 Å². The maximum Gasteiger partial charge on any atom is 0.241 e. The van der Waals surface area contributed by atoms with Gasteiger partial charge in [0.05, 0.1) is 20.0 Å². The standard InChI is InChI=1S/C21H33N3O5S/c1-4-14-30(26,27)24-9-5-6-19(24)21(25)23-12-10-22(11-13-23)16-17-15-18(28-2)7-8-20(17)29-3/h7-8,15,19H,4-6,9-14,16H2,1-3H3. The van der Waals surface area contributed by atoms with Gasteiger partial charge in [0.25, 0.3) is 0 Å². The molecule has 30 heavy (non-hydrogen) atoms. The van der Waals surface area contributed by atoms with E-state index in [1.165, 1.54) is 4.31 Å². The zero-order valence-corrected chi connectivity index (χ0v) is 19.0. The number of benzene rings is 1. The minimum absolute atomic E-state index is 0.0502. The van der Waals surface area contributed by atoms with Crippen molar-refractivity contribution in [1.82, 2.24) is 14.1 Å². The summed E-state index contributed by atoms with van der Waals surface area (Å²) >= 11 is 0. The zero-order valence-electron chi connectivity index (χ0n) is 18.2. The van der Waals surface area contributed by atoms with Crippen LogP contribution in [0.3, 0.4) is 0 Å². The summed E-state index contributed by atoms with van der Waals surface area (Å²) in [4.78, 5) is 17.2. The summed E-state index contributed by atoms with van der Waals surface area (Å²) in [6, 6.07) is 5.22. The first kappa shape index (κ1) is 22.8. The Bertz CT molecular complexity index is 837. The van der Waals surface area contributed by atoms with Crippen LogP contribution < -0.4 is 9.47 Å². The molecule has 1 atom stereocenters. The van der Waals surface area contributed by atoms with E-state index < -0.39 is 16.1 Å². The third kappa shape index (κ3) is 5.07. The number of carbonyl (C=O) groups is 1. The average Bonchev–Trinajstić information content (AvgIpc) is 3.25. The number of rotatable bonds is 8. The molecule has 1 unspecified atom stereocenters. The van der Waals surface area contributed by atoms with Crippen LogP contribution in [0, 0.1) is 0 Å². The van der Waals surface area contributed by atoms with Gasteiger partial charge in [-0.1, -0.05) is 6.92 Å². The van der Waals surface area contributed by atoms with E-state index in [4.69, 9.17) is 9.47 Å². The van der Waals surface area contributed by atoms with Crippen LogP contribution in [-0.2, 0) is 21.4 Å². The monoisotopic (exact) mass is 439 g/mol. The number of carbonyl (C=O) groups excluding carboxylic acids is 1. The summed E-state index contributed by atoms with van der Waals surface area (Å²) < 4.78 is 37.3. The van der Waals surface area contributed by atoms with Crippen LogP contribution in [0.4, 0.5) is 0 Å².